The van der Waals surface area contributed by atoms with Crippen LogP contribution < -0.4 is 26.6 Å². The largest absolute Gasteiger partial charge is 0.364 e. The van der Waals surface area contributed by atoms with Crippen LogP contribution in [0.4, 0.5) is 17.3 Å². The van der Waals surface area contributed by atoms with Gasteiger partial charge in [0.05, 0.1) is 5.69 Å². The van der Waals surface area contributed by atoms with Crippen molar-refractivity contribution >= 4 is 23.2 Å². The Kier molecular flexibility index (Phi) is 8.56. The van der Waals surface area contributed by atoms with Crippen molar-refractivity contribution < 1.29 is 4.79 Å². The van der Waals surface area contributed by atoms with Crippen LogP contribution in [0.5, 0.6) is 0 Å². The summed E-state index contributed by atoms with van der Waals surface area (Å²) in [7, 11) is 3.91. The molecule has 0 aliphatic carbocycles. The molecule has 5 N–H and O–H groups in total. The fraction of sp³-hybridized carbons (Fsp3) is 0.500. The summed E-state index contributed by atoms with van der Waals surface area (Å²) in [6.07, 6.45) is 0.898. The minimum atomic E-state index is -0.606. The molecule has 0 fully saturated rings. The van der Waals surface area contributed by atoms with Crippen molar-refractivity contribution in [1.82, 2.24) is 20.6 Å². The molecule has 0 unspecified atom stereocenters. The molecule has 2 rings (SSSR count). The minimum absolute atomic E-state index is 0.140. The number of carbonyl (C=O) groups is 1. The number of carbonyl (C=O) groups excluding carboxylic acids is 1. The van der Waals surface area contributed by atoms with Crippen LogP contribution in [0.15, 0.2) is 24.3 Å². The zero-order valence-electron chi connectivity index (χ0n) is 18.9. The summed E-state index contributed by atoms with van der Waals surface area (Å²) in [5, 5.41) is 9.90. The van der Waals surface area contributed by atoms with E-state index in [2.05, 4.69) is 58.8 Å². The lowest BCUT2D eigenvalue weighted by atomic mass is 10.1. The highest BCUT2D eigenvalue weighted by molar-refractivity contribution is 5.96. The van der Waals surface area contributed by atoms with Crippen molar-refractivity contribution in [1.29, 1.82) is 0 Å². The van der Waals surface area contributed by atoms with Gasteiger partial charge in [-0.1, -0.05) is 12.1 Å². The van der Waals surface area contributed by atoms with Gasteiger partial charge in [0, 0.05) is 31.4 Å². The zero-order chi connectivity index (χ0) is 22.3. The van der Waals surface area contributed by atoms with Crippen LogP contribution in [0.2, 0.25) is 0 Å². The lowest BCUT2D eigenvalue weighted by Gasteiger charge is -2.25. The van der Waals surface area contributed by atoms with Crippen LogP contribution in [0, 0.1) is 6.92 Å². The first-order valence-corrected chi connectivity index (χ1v) is 10.4. The third kappa shape index (κ3) is 6.40. The average molecular weight is 414 g/mol. The molecule has 1 aromatic carbocycles. The predicted octanol–water partition coefficient (Wildman–Crippen LogP) is 2.21. The molecule has 0 radical (unpaired) electrons. The summed E-state index contributed by atoms with van der Waals surface area (Å²) in [6.45, 7) is 9.93. The molecule has 1 heterocycles. The number of hydrogen-bond donors (Lipinski definition) is 4. The number of nitrogens with one attached hydrogen (secondary N) is 3. The molecule has 8 nitrogen and oxygen atoms in total. The Morgan fingerprint density at radius 1 is 1.23 bits per heavy atom. The van der Waals surface area contributed by atoms with Gasteiger partial charge in [-0.05, 0) is 65.4 Å². The van der Waals surface area contributed by atoms with E-state index in [4.69, 9.17) is 5.73 Å². The number of benzene rings is 1. The number of primary amides is 1. The molecule has 0 aliphatic rings. The summed E-state index contributed by atoms with van der Waals surface area (Å²) in [5.74, 6) is 0.482. The number of nitrogens with zero attached hydrogens (tertiary/aromatic N) is 3. The van der Waals surface area contributed by atoms with Crippen LogP contribution in [0.25, 0.3) is 0 Å². The average Bonchev–Trinajstić information content (AvgIpc) is 2.71. The number of hydrogen-bond acceptors (Lipinski definition) is 7. The number of amides is 1. The van der Waals surface area contributed by atoms with Crippen LogP contribution in [0.3, 0.4) is 0 Å². The lowest BCUT2D eigenvalue weighted by molar-refractivity contribution is 0.0996. The summed E-state index contributed by atoms with van der Waals surface area (Å²) in [4.78, 5) is 23.1. The zero-order valence-corrected chi connectivity index (χ0v) is 18.9. The van der Waals surface area contributed by atoms with Crippen molar-refractivity contribution in [2.24, 2.45) is 5.73 Å². The van der Waals surface area contributed by atoms with E-state index in [1.165, 1.54) is 5.56 Å². The molecule has 0 aliphatic heterocycles. The van der Waals surface area contributed by atoms with E-state index in [1.807, 2.05) is 38.1 Å². The number of rotatable bonds is 11. The molecule has 164 valence electrons. The SMILES string of the molecule is CN[C@@H](C)CNCCc1cccc(Nc2nc(N(C)C(C)C)c(C)nc2C(N)=O)c1. The summed E-state index contributed by atoms with van der Waals surface area (Å²) in [6, 6.07) is 8.75. The van der Waals surface area contributed by atoms with Gasteiger partial charge in [-0.3, -0.25) is 4.79 Å². The van der Waals surface area contributed by atoms with Crippen LogP contribution in [-0.2, 0) is 6.42 Å². The van der Waals surface area contributed by atoms with E-state index < -0.39 is 5.91 Å². The highest BCUT2D eigenvalue weighted by atomic mass is 16.1. The fourth-order valence-electron chi connectivity index (χ4n) is 2.94. The van der Waals surface area contributed by atoms with Crippen molar-refractivity contribution in [3.05, 3.63) is 41.2 Å². The standard InChI is InChI=1S/C22H35N7O/c1-14(2)29(6)22-16(4)26-19(20(23)30)21(28-22)27-18-9-7-8-17(12-18)10-11-25-13-15(3)24-5/h7-9,12,14-15,24-25H,10-11,13H2,1-6H3,(H2,23,30)(H,27,28)/t15-/m0/s1. The number of likely N-dealkylation sites (N-methyl/N-ethyl adjacent to an activating group) is 1. The summed E-state index contributed by atoms with van der Waals surface area (Å²) >= 11 is 0. The molecule has 2 aromatic rings. The first kappa shape index (κ1) is 23.6. The molecule has 0 saturated carbocycles. The Labute approximate surface area is 179 Å². The number of aryl methyl sites for hydroxylation is 1. The molecule has 0 saturated heterocycles. The summed E-state index contributed by atoms with van der Waals surface area (Å²) < 4.78 is 0. The highest BCUT2D eigenvalue weighted by Crippen LogP contribution is 2.24. The predicted molar refractivity (Wildman–Crippen MR) is 124 cm³/mol. The van der Waals surface area contributed by atoms with Crippen molar-refractivity contribution in [3.63, 3.8) is 0 Å². The van der Waals surface area contributed by atoms with Gasteiger partial charge in [-0.25, -0.2) is 9.97 Å². The van der Waals surface area contributed by atoms with Gasteiger partial charge in [0.1, 0.15) is 0 Å². The Morgan fingerprint density at radius 3 is 2.60 bits per heavy atom. The van der Waals surface area contributed by atoms with Gasteiger partial charge in [0.15, 0.2) is 17.3 Å². The molecular formula is C22H35N7O. The molecule has 30 heavy (non-hydrogen) atoms. The fourth-order valence-corrected chi connectivity index (χ4v) is 2.94. The van der Waals surface area contributed by atoms with Gasteiger partial charge in [-0.15, -0.1) is 0 Å². The molecule has 0 spiro atoms. The van der Waals surface area contributed by atoms with E-state index in [0.29, 0.717) is 17.6 Å². The van der Waals surface area contributed by atoms with Gasteiger partial charge >= 0.3 is 0 Å². The highest BCUT2D eigenvalue weighted by Gasteiger charge is 2.19. The number of nitrogens with two attached hydrogens (primary N) is 1. The van der Waals surface area contributed by atoms with Crippen LogP contribution in [0.1, 0.15) is 42.5 Å². The first-order chi connectivity index (χ1) is 14.2. The van der Waals surface area contributed by atoms with Crippen LogP contribution >= 0.6 is 0 Å². The second kappa shape index (κ2) is 10.9. The molecule has 1 aromatic heterocycles. The normalized spacial score (nSPS) is 12.1. The first-order valence-electron chi connectivity index (χ1n) is 10.4. The molecule has 8 heteroatoms. The molecular weight excluding hydrogens is 378 g/mol. The van der Waals surface area contributed by atoms with Gasteiger partial charge in [0.2, 0.25) is 0 Å². The maximum absolute atomic E-state index is 12.0. The van der Waals surface area contributed by atoms with Gasteiger partial charge in [-0.2, -0.15) is 0 Å². The second-order valence-electron chi connectivity index (χ2n) is 7.87. The maximum atomic E-state index is 12.0. The Balaban J connectivity index is 2.20. The maximum Gasteiger partial charge on any atom is 0.271 e. The Bertz CT molecular complexity index is 853. The third-order valence-electron chi connectivity index (χ3n) is 5.11. The van der Waals surface area contributed by atoms with E-state index in [1.54, 1.807) is 0 Å². The molecule has 1 atom stereocenters. The number of aromatic nitrogens is 2. The molecule has 1 amide bonds. The topological polar surface area (TPSA) is 108 Å². The minimum Gasteiger partial charge on any atom is -0.364 e. The van der Waals surface area contributed by atoms with Gasteiger partial charge in [0.25, 0.3) is 5.91 Å². The molecule has 0 bridgehead atoms. The number of anilines is 3. The second-order valence-corrected chi connectivity index (χ2v) is 7.87. The van der Waals surface area contributed by atoms with Crippen LogP contribution in [-0.4, -0.2) is 55.1 Å². The Morgan fingerprint density at radius 2 is 1.97 bits per heavy atom. The van der Waals surface area contributed by atoms with Crippen molar-refractivity contribution in [2.45, 2.75) is 46.2 Å². The van der Waals surface area contributed by atoms with E-state index in [0.717, 1.165) is 31.0 Å². The van der Waals surface area contributed by atoms with Crippen molar-refractivity contribution in [2.75, 3.05) is 37.4 Å². The Hall–Kier alpha value is -2.71. The van der Waals surface area contributed by atoms with Crippen molar-refractivity contribution in [3.8, 4) is 0 Å². The lowest BCUT2D eigenvalue weighted by Crippen LogP contribution is -2.34. The van der Waals surface area contributed by atoms with Gasteiger partial charge < -0.3 is 26.6 Å². The quantitative estimate of drug-likeness (QED) is 0.418. The van der Waals surface area contributed by atoms with E-state index >= 15 is 0 Å². The van der Waals surface area contributed by atoms with E-state index in [-0.39, 0.29) is 11.7 Å². The van der Waals surface area contributed by atoms with E-state index in [9.17, 15) is 4.79 Å². The summed E-state index contributed by atoms with van der Waals surface area (Å²) in [5.41, 5.74) is 8.40. The monoisotopic (exact) mass is 413 g/mol. The smallest absolute Gasteiger partial charge is 0.271 e. The third-order valence-corrected chi connectivity index (χ3v) is 5.11.